The number of nitrogens with zero attached hydrogens (tertiary/aromatic N) is 4. The number of rotatable bonds is 2. The van der Waals surface area contributed by atoms with E-state index in [9.17, 15) is 4.79 Å². The molecule has 3 aliphatic rings. The third kappa shape index (κ3) is 3.35. The molecule has 1 aromatic heterocycles. The summed E-state index contributed by atoms with van der Waals surface area (Å²) in [5.41, 5.74) is 6.52. The predicted octanol–water partition coefficient (Wildman–Crippen LogP) is 3.47. The van der Waals surface area contributed by atoms with Crippen molar-refractivity contribution in [2.45, 2.75) is 13.3 Å². The highest BCUT2D eigenvalue weighted by Crippen LogP contribution is 2.28. The van der Waals surface area contributed by atoms with Crippen molar-refractivity contribution >= 4 is 28.1 Å². The molecule has 0 bridgehead atoms. The molecule has 0 atom stereocenters. The van der Waals surface area contributed by atoms with Crippen molar-refractivity contribution < 1.29 is 4.79 Å². The number of aromatic nitrogens is 2. The zero-order valence-corrected chi connectivity index (χ0v) is 17.1. The van der Waals surface area contributed by atoms with Gasteiger partial charge in [-0.25, -0.2) is 4.99 Å². The molecule has 0 aliphatic carbocycles. The van der Waals surface area contributed by atoms with Gasteiger partial charge in [0.15, 0.2) is 0 Å². The van der Waals surface area contributed by atoms with Gasteiger partial charge in [-0.15, -0.1) is 0 Å². The number of fused-ring (bicyclic) bond motifs is 2. The number of allylic oxidation sites excluding steroid dienone is 6. The second kappa shape index (κ2) is 7.39. The third-order valence-electron chi connectivity index (χ3n) is 5.56. The third-order valence-corrected chi connectivity index (χ3v) is 5.56. The van der Waals surface area contributed by atoms with E-state index < -0.39 is 0 Å². The summed E-state index contributed by atoms with van der Waals surface area (Å²) in [6.45, 7) is 3.72. The van der Waals surface area contributed by atoms with Gasteiger partial charge in [0.2, 0.25) is 0 Å². The molecular formula is C24H23N5O. The van der Waals surface area contributed by atoms with Crippen LogP contribution in [-0.4, -0.2) is 39.4 Å². The van der Waals surface area contributed by atoms with E-state index in [-0.39, 0.29) is 5.91 Å². The van der Waals surface area contributed by atoms with Gasteiger partial charge in [-0.05, 0) is 54.8 Å². The molecule has 30 heavy (non-hydrogen) atoms. The molecule has 0 saturated heterocycles. The van der Waals surface area contributed by atoms with Crippen LogP contribution < -0.4 is 5.32 Å². The molecule has 6 heteroatoms. The first-order valence-electron chi connectivity index (χ1n) is 10.1. The maximum atomic E-state index is 13.3. The zero-order chi connectivity index (χ0) is 20.7. The lowest BCUT2D eigenvalue weighted by Gasteiger charge is -2.28. The lowest BCUT2D eigenvalue weighted by molar-refractivity contribution is -0.121. The molecule has 4 heterocycles. The van der Waals surface area contributed by atoms with Crippen molar-refractivity contribution in [1.82, 2.24) is 20.0 Å². The van der Waals surface area contributed by atoms with E-state index in [1.165, 1.54) is 5.57 Å². The topological polar surface area (TPSA) is 62.5 Å². The standard InChI is InChI=1S/C24H23N5O/c1-16-23-5-3-4-18(19-6-7-21-20(12-19)14-28(2)27-21)13-24(30)29(23)15-22(26-16)17-8-10-25-11-9-17/h3-8,12-15,25H,9-11H2,1-2H3/b4-3+,18-13+,23-5?. The van der Waals surface area contributed by atoms with Crippen molar-refractivity contribution in [3.8, 4) is 0 Å². The Labute approximate surface area is 175 Å². The van der Waals surface area contributed by atoms with Gasteiger partial charge in [-0.2, -0.15) is 5.10 Å². The number of benzene rings is 1. The molecule has 150 valence electrons. The van der Waals surface area contributed by atoms with Crippen LogP contribution in [0.3, 0.4) is 0 Å². The number of hydrogen-bond donors (Lipinski definition) is 1. The first kappa shape index (κ1) is 18.5. The summed E-state index contributed by atoms with van der Waals surface area (Å²) >= 11 is 0. The van der Waals surface area contributed by atoms with E-state index in [1.54, 1.807) is 15.7 Å². The summed E-state index contributed by atoms with van der Waals surface area (Å²) in [4.78, 5) is 19.7. The first-order valence-corrected chi connectivity index (χ1v) is 10.1. The highest BCUT2D eigenvalue weighted by atomic mass is 16.2. The van der Waals surface area contributed by atoms with Gasteiger partial charge in [-0.1, -0.05) is 24.3 Å². The molecule has 6 nitrogen and oxygen atoms in total. The lowest BCUT2D eigenvalue weighted by Crippen LogP contribution is -2.31. The van der Waals surface area contributed by atoms with Crippen LogP contribution >= 0.6 is 0 Å². The molecule has 0 radical (unpaired) electrons. The Morgan fingerprint density at radius 1 is 1.23 bits per heavy atom. The second-order valence-electron chi connectivity index (χ2n) is 7.69. The van der Waals surface area contributed by atoms with E-state index in [1.807, 2.05) is 56.7 Å². The summed E-state index contributed by atoms with van der Waals surface area (Å²) in [6.07, 6.45) is 14.5. The van der Waals surface area contributed by atoms with Gasteiger partial charge in [0.1, 0.15) is 0 Å². The molecule has 5 rings (SSSR count). The molecule has 0 saturated carbocycles. The minimum Gasteiger partial charge on any atom is -0.313 e. The number of carbonyl (C=O) groups excluding carboxylic acids is 1. The number of aryl methyl sites for hydroxylation is 1. The quantitative estimate of drug-likeness (QED) is 0.844. The molecule has 0 unspecified atom stereocenters. The van der Waals surface area contributed by atoms with Crippen LogP contribution in [0.25, 0.3) is 16.5 Å². The Balaban J connectivity index is 1.54. The molecule has 1 amide bonds. The van der Waals surface area contributed by atoms with Crippen LogP contribution in [0, 0.1) is 0 Å². The maximum Gasteiger partial charge on any atom is 0.255 e. The highest BCUT2D eigenvalue weighted by molar-refractivity contribution is 6.08. The smallest absolute Gasteiger partial charge is 0.255 e. The number of carbonyl (C=O) groups is 1. The zero-order valence-electron chi connectivity index (χ0n) is 17.1. The summed E-state index contributed by atoms with van der Waals surface area (Å²) in [5.74, 6) is -0.0758. The Hall–Kier alpha value is -3.51. The van der Waals surface area contributed by atoms with Crippen LogP contribution in [0.4, 0.5) is 0 Å². The average molecular weight is 397 g/mol. The van der Waals surface area contributed by atoms with Gasteiger partial charge in [0.25, 0.3) is 5.91 Å². The Morgan fingerprint density at radius 3 is 2.97 bits per heavy atom. The normalized spacial score (nSPS) is 22.1. The summed E-state index contributed by atoms with van der Waals surface area (Å²) in [6, 6.07) is 6.07. The summed E-state index contributed by atoms with van der Waals surface area (Å²) in [7, 11) is 1.91. The van der Waals surface area contributed by atoms with Crippen molar-refractivity contribution in [3.05, 3.63) is 83.5 Å². The van der Waals surface area contributed by atoms with E-state index in [2.05, 4.69) is 22.6 Å². The van der Waals surface area contributed by atoms with Gasteiger partial charge in [0.05, 0.1) is 22.6 Å². The van der Waals surface area contributed by atoms with Crippen LogP contribution in [0.15, 0.2) is 82.9 Å². The molecule has 0 spiro atoms. The van der Waals surface area contributed by atoms with Crippen LogP contribution in [-0.2, 0) is 11.8 Å². The average Bonchev–Trinajstić information content (AvgIpc) is 3.12. The van der Waals surface area contributed by atoms with Crippen LogP contribution in [0.5, 0.6) is 0 Å². The van der Waals surface area contributed by atoms with Crippen molar-refractivity contribution in [2.24, 2.45) is 12.0 Å². The Morgan fingerprint density at radius 2 is 2.13 bits per heavy atom. The summed E-state index contributed by atoms with van der Waals surface area (Å²) < 4.78 is 1.80. The Kier molecular flexibility index (Phi) is 4.56. The van der Waals surface area contributed by atoms with Gasteiger partial charge in [0, 0.05) is 37.5 Å². The lowest BCUT2D eigenvalue weighted by atomic mass is 10.0. The van der Waals surface area contributed by atoms with E-state index >= 15 is 0 Å². The number of amides is 1. The monoisotopic (exact) mass is 397 g/mol. The van der Waals surface area contributed by atoms with Crippen molar-refractivity contribution in [1.29, 1.82) is 0 Å². The van der Waals surface area contributed by atoms with Crippen molar-refractivity contribution in [2.75, 3.05) is 13.1 Å². The minimum absolute atomic E-state index is 0.0758. The maximum absolute atomic E-state index is 13.3. The van der Waals surface area contributed by atoms with E-state index in [0.29, 0.717) is 0 Å². The molecule has 1 aromatic carbocycles. The van der Waals surface area contributed by atoms with Gasteiger partial charge in [-0.3, -0.25) is 14.4 Å². The van der Waals surface area contributed by atoms with E-state index in [0.717, 1.165) is 58.7 Å². The molecule has 3 aliphatic heterocycles. The predicted molar refractivity (Wildman–Crippen MR) is 120 cm³/mol. The fourth-order valence-electron chi connectivity index (χ4n) is 4.03. The summed E-state index contributed by atoms with van der Waals surface area (Å²) in [5, 5.41) is 8.80. The number of nitrogens with one attached hydrogen (secondary N) is 1. The molecule has 0 fully saturated rings. The number of aliphatic imine (C=N–C) groups is 1. The largest absolute Gasteiger partial charge is 0.313 e. The number of hydrogen-bond acceptors (Lipinski definition) is 4. The van der Waals surface area contributed by atoms with Crippen LogP contribution in [0.1, 0.15) is 18.9 Å². The fraction of sp³-hybridized carbons (Fsp3) is 0.208. The molecule has 1 N–H and O–H groups in total. The van der Waals surface area contributed by atoms with Crippen LogP contribution in [0.2, 0.25) is 0 Å². The molecule has 2 aromatic rings. The van der Waals surface area contributed by atoms with Crippen molar-refractivity contribution in [3.63, 3.8) is 0 Å². The van der Waals surface area contributed by atoms with Gasteiger partial charge < -0.3 is 5.32 Å². The highest BCUT2D eigenvalue weighted by Gasteiger charge is 2.24. The van der Waals surface area contributed by atoms with E-state index in [4.69, 9.17) is 4.99 Å². The van der Waals surface area contributed by atoms with Gasteiger partial charge >= 0.3 is 0 Å². The second-order valence-corrected chi connectivity index (χ2v) is 7.69. The fourth-order valence-corrected chi connectivity index (χ4v) is 4.03. The molecular weight excluding hydrogens is 374 g/mol. The first-order chi connectivity index (χ1) is 14.6. The SMILES string of the molecule is CC1=NC(C2=CCNCC2)=CN2C(=O)/C=C(c3ccc4nn(C)cc4c3)\C=C\C=C12. The minimum atomic E-state index is -0.0758. The Bertz CT molecular complexity index is 1240.